The quantitative estimate of drug-likeness (QED) is 0.507. The van der Waals surface area contributed by atoms with Crippen molar-refractivity contribution >= 4 is 22.3 Å². The summed E-state index contributed by atoms with van der Waals surface area (Å²) < 4.78 is 6.01. The van der Waals surface area contributed by atoms with Crippen molar-refractivity contribution in [2.24, 2.45) is 0 Å². The minimum absolute atomic E-state index is 0.244. The van der Waals surface area contributed by atoms with Crippen LogP contribution in [0, 0.1) is 6.92 Å². The number of anilines is 2. The molecule has 0 unspecified atom stereocenters. The number of hydrogen-bond acceptors (Lipinski definition) is 4. The maximum absolute atomic E-state index is 13.1. The largest absolute Gasteiger partial charge is 0.422 e. The number of hydrogen-bond donors (Lipinski definition) is 1. The van der Waals surface area contributed by atoms with Crippen molar-refractivity contribution in [2.75, 3.05) is 23.7 Å². The zero-order chi connectivity index (χ0) is 20.1. The molecule has 0 bridgehead atoms. The van der Waals surface area contributed by atoms with Gasteiger partial charge in [0.1, 0.15) is 5.58 Å². The third-order valence-corrected chi connectivity index (χ3v) is 6.60. The van der Waals surface area contributed by atoms with Gasteiger partial charge in [0.15, 0.2) is 0 Å². The number of fused-ring (bicyclic) bond motifs is 2. The first kappa shape index (κ1) is 18.3. The van der Waals surface area contributed by atoms with E-state index in [4.69, 9.17) is 10.2 Å². The van der Waals surface area contributed by atoms with Crippen LogP contribution in [0.2, 0.25) is 0 Å². The number of aryl methyl sites for hydroxylation is 4. The summed E-state index contributed by atoms with van der Waals surface area (Å²) in [6, 6.07) is 8.20. The summed E-state index contributed by atoms with van der Waals surface area (Å²) in [5.74, 6) is 0. The molecule has 2 aliphatic rings. The molecule has 2 N–H and O–H groups in total. The zero-order valence-electron chi connectivity index (χ0n) is 17.3. The number of benzene rings is 2. The summed E-state index contributed by atoms with van der Waals surface area (Å²) in [6.45, 7) is 6.42. The molecule has 0 amide bonds. The molecular weight excluding hydrogens is 360 g/mol. The van der Waals surface area contributed by atoms with Crippen LogP contribution < -0.4 is 16.3 Å². The zero-order valence-corrected chi connectivity index (χ0v) is 17.3. The molecule has 1 aromatic heterocycles. The fourth-order valence-corrected chi connectivity index (χ4v) is 5.24. The first-order chi connectivity index (χ1) is 14.1. The second-order valence-corrected chi connectivity index (χ2v) is 8.49. The Bertz CT molecular complexity index is 1170. The summed E-state index contributed by atoms with van der Waals surface area (Å²) in [5.41, 5.74) is 15.2. The SMILES string of the molecule is CCCc1cc(-c2c(C)c3cc4c5c(c3oc2=O)CCCN5CCC4)ccc1N. The van der Waals surface area contributed by atoms with Crippen LogP contribution in [0.5, 0.6) is 0 Å². The normalized spacial score (nSPS) is 15.6. The number of nitrogens with zero attached hydrogens (tertiary/aromatic N) is 1. The van der Waals surface area contributed by atoms with Crippen LogP contribution in [-0.2, 0) is 19.3 Å². The van der Waals surface area contributed by atoms with E-state index in [9.17, 15) is 4.79 Å². The lowest BCUT2D eigenvalue weighted by atomic mass is 9.88. The van der Waals surface area contributed by atoms with E-state index in [2.05, 4.69) is 30.9 Å². The van der Waals surface area contributed by atoms with Gasteiger partial charge in [-0.15, -0.1) is 0 Å². The van der Waals surface area contributed by atoms with Gasteiger partial charge in [0.05, 0.1) is 5.56 Å². The molecule has 3 heterocycles. The second kappa shape index (κ2) is 6.94. The maximum atomic E-state index is 13.1. The van der Waals surface area contributed by atoms with E-state index >= 15 is 0 Å². The Kier molecular flexibility index (Phi) is 4.38. The highest BCUT2D eigenvalue weighted by atomic mass is 16.4. The molecule has 0 aliphatic carbocycles. The van der Waals surface area contributed by atoms with Gasteiger partial charge in [0, 0.05) is 35.4 Å². The van der Waals surface area contributed by atoms with Gasteiger partial charge in [0.2, 0.25) is 0 Å². The van der Waals surface area contributed by atoms with Crippen molar-refractivity contribution in [3.8, 4) is 11.1 Å². The lowest BCUT2D eigenvalue weighted by Crippen LogP contribution is -2.34. The van der Waals surface area contributed by atoms with Gasteiger partial charge in [-0.05, 0) is 79.5 Å². The molecule has 2 aliphatic heterocycles. The summed E-state index contributed by atoms with van der Waals surface area (Å²) in [6.07, 6.45) is 6.33. The molecule has 0 spiro atoms. The van der Waals surface area contributed by atoms with E-state index < -0.39 is 0 Å². The molecule has 0 atom stereocenters. The third-order valence-electron chi connectivity index (χ3n) is 6.60. The van der Waals surface area contributed by atoms with Crippen LogP contribution in [0.3, 0.4) is 0 Å². The number of nitrogen functional groups attached to an aromatic ring is 1. The van der Waals surface area contributed by atoms with Gasteiger partial charge < -0.3 is 15.1 Å². The fourth-order valence-electron chi connectivity index (χ4n) is 5.24. The van der Waals surface area contributed by atoms with E-state index in [1.807, 2.05) is 12.1 Å². The van der Waals surface area contributed by atoms with Crippen molar-refractivity contribution in [2.45, 2.75) is 52.4 Å². The smallest absolute Gasteiger partial charge is 0.344 e. The van der Waals surface area contributed by atoms with Gasteiger partial charge >= 0.3 is 5.63 Å². The molecular formula is C25H28N2O2. The first-order valence-corrected chi connectivity index (χ1v) is 10.8. The standard InChI is InChI=1S/C25H28N2O2/c1-3-6-16-13-17(9-10-21(16)26)22-15(2)20-14-18-7-4-11-27-12-5-8-19(23(18)27)24(20)29-25(22)28/h9-10,13-14H,3-8,11-12,26H2,1-2H3. The highest BCUT2D eigenvalue weighted by Crippen LogP contribution is 2.41. The minimum Gasteiger partial charge on any atom is -0.422 e. The molecule has 3 aromatic rings. The second-order valence-electron chi connectivity index (χ2n) is 8.49. The van der Waals surface area contributed by atoms with Crippen LogP contribution in [-0.4, -0.2) is 13.1 Å². The molecule has 0 saturated carbocycles. The summed E-state index contributed by atoms with van der Waals surface area (Å²) in [5, 5.41) is 1.09. The van der Waals surface area contributed by atoms with E-state index in [0.29, 0.717) is 5.56 Å². The lowest BCUT2D eigenvalue weighted by molar-refractivity contribution is 0.551. The molecule has 2 aromatic carbocycles. The van der Waals surface area contributed by atoms with Gasteiger partial charge in [-0.2, -0.15) is 0 Å². The Morgan fingerprint density at radius 3 is 2.72 bits per heavy atom. The van der Waals surface area contributed by atoms with Crippen LogP contribution >= 0.6 is 0 Å². The molecule has 0 fully saturated rings. The maximum Gasteiger partial charge on any atom is 0.344 e. The number of nitrogens with two attached hydrogens (primary N) is 1. The van der Waals surface area contributed by atoms with Gasteiger partial charge in [0.25, 0.3) is 0 Å². The van der Waals surface area contributed by atoms with Crippen LogP contribution in [0.4, 0.5) is 11.4 Å². The molecule has 4 nitrogen and oxygen atoms in total. The Hall–Kier alpha value is -2.75. The summed E-state index contributed by atoms with van der Waals surface area (Å²) in [7, 11) is 0. The molecule has 150 valence electrons. The third kappa shape index (κ3) is 2.85. The van der Waals surface area contributed by atoms with Crippen molar-refractivity contribution in [1.29, 1.82) is 0 Å². The molecule has 29 heavy (non-hydrogen) atoms. The van der Waals surface area contributed by atoms with E-state index in [-0.39, 0.29) is 5.63 Å². The fraction of sp³-hybridized carbons (Fsp3) is 0.400. The topological polar surface area (TPSA) is 59.5 Å². The average Bonchev–Trinajstić information content (AvgIpc) is 2.72. The van der Waals surface area contributed by atoms with Crippen LogP contribution in [0.1, 0.15) is 48.4 Å². The van der Waals surface area contributed by atoms with Crippen LogP contribution in [0.25, 0.3) is 22.1 Å². The molecule has 5 rings (SSSR count). The van der Waals surface area contributed by atoms with Crippen LogP contribution in [0.15, 0.2) is 33.5 Å². The predicted octanol–water partition coefficient (Wildman–Crippen LogP) is 5.00. The Labute approximate surface area is 171 Å². The molecule has 0 saturated heterocycles. The van der Waals surface area contributed by atoms with Gasteiger partial charge in [-0.25, -0.2) is 4.79 Å². The first-order valence-electron chi connectivity index (χ1n) is 10.8. The Morgan fingerprint density at radius 2 is 1.93 bits per heavy atom. The lowest BCUT2D eigenvalue weighted by Gasteiger charge is -2.37. The van der Waals surface area contributed by atoms with Crippen molar-refractivity contribution < 1.29 is 4.42 Å². The average molecular weight is 389 g/mol. The highest BCUT2D eigenvalue weighted by Gasteiger charge is 2.28. The van der Waals surface area contributed by atoms with Gasteiger partial charge in [-0.1, -0.05) is 19.4 Å². The Balaban J connectivity index is 1.77. The van der Waals surface area contributed by atoms with E-state index in [1.54, 1.807) is 0 Å². The van der Waals surface area contributed by atoms with Gasteiger partial charge in [-0.3, -0.25) is 0 Å². The number of rotatable bonds is 3. The van der Waals surface area contributed by atoms with Crippen molar-refractivity contribution in [3.63, 3.8) is 0 Å². The summed E-state index contributed by atoms with van der Waals surface area (Å²) in [4.78, 5) is 15.6. The predicted molar refractivity (Wildman–Crippen MR) is 120 cm³/mol. The summed E-state index contributed by atoms with van der Waals surface area (Å²) >= 11 is 0. The monoisotopic (exact) mass is 388 g/mol. The highest BCUT2D eigenvalue weighted by molar-refractivity contribution is 5.94. The molecule has 4 heteroatoms. The Morgan fingerprint density at radius 1 is 1.14 bits per heavy atom. The van der Waals surface area contributed by atoms with Crippen molar-refractivity contribution in [1.82, 2.24) is 0 Å². The van der Waals surface area contributed by atoms with E-state index in [1.165, 1.54) is 23.2 Å². The van der Waals surface area contributed by atoms with E-state index in [0.717, 1.165) is 78.5 Å². The van der Waals surface area contributed by atoms with Crippen molar-refractivity contribution in [3.05, 3.63) is 56.9 Å². The molecule has 0 radical (unpaired) electrons. The minimum atomic E-state index is -0.244.